The highest BCUT2D eigenvalue weighted by atomic mass is 35.5. The predicted molar refractivity (Wildman–Crippen MR) is 109 cm³/mol. The van der Waals surface area contributed by atoms with E-state index in [0.29, 0.717) is 32.7 Å². The van der Waals surface area contributed by atoms with E-state index in [4.69, 9.17) is 16.0 Å². The van der Waals surface area contributed by atoms with Gasteiger partial charge in [0.2, 0.25) is 0 Å². The average Bonchev–Trinajstić information content (AvgIpc) is 2.73. The molecule has 4 rings (SSSR count). The van der Waals surface area contributed by atoms with Crippen LogP contribution in [0.5, 0.6) is 0 Å². The lowest BCUT2D eigenvalue weighted by Crippen LogP contribution is -2.15. The minimum Gasteiger partial charge on any atom is -0.479 e. The number of hydrogen-bond acceptors (Lipinski definition) is 3. The second kappa shape index (κ2) is 7.71. The Balaban J connectivity index is 1.99. The summed E-state index contributed by atoms with van der Waals surface area (Å²) in [6, 6.07) is 24.5. The zero-order valence-electron chi connectivity index (χ0n) is 14.7. The number of hydrogen-bond donors (Lipinski definition) is 1. The molecule has 0 radical (unpaired) electrons. The lowest BCUT2D eigenvalue weighted by atomic mass is 10.1. The molecule has 0 fully saturated rings. The van der Waals surface area contributed by atoms with Crippen molar-refractivity contribution < 1.29 is 14.3 Å². The lowest BCUT2D eigenvalue weighted by Gasteiger charge is -2.09. The van der Waals surface area contributed by atoms with Crippen LogP contribution in [0.1, 0.15) is 11.6 Å². The molecule has 0 unspecified atom stereocenters. The van der Waals surface area contributed by atoms with Crippen LogP contribution in [0.4, 0.5) is 0 Å². The molecule has 28 heavy (non-hydrogen) atoms. The van der Waals surface area contributed by atoms with Crippen molar-refractivity contribution in [3.63, 3.8) is 0 Å². The van der Waals surface area contributed by atoms with E-state index < -0.39 is 12.0 Å². The second-order valence-corrected chi connectivity index (χ2v) is 6.72. The van der Waals surface area contributed by atoms with Crippen LogP contribution in [0.15, 0.2) is 94.3 Å². The molecule has 1 N–H and O–H groups in total. The molecular weight excluding hydrogens is 374 g/mol. The van der Waals surface area contributed by atoms with Gasteiger partial charge < -0.3 is 9.52 Å². The molecule has 4 aromatic rings. The summed E-state index contributed by atoms with van der Waals surface area (Å²) >= 11 is 6.16. The number of carboxylic acid groups (broad SMARTS) is 1. The molecule has 1 atom stereocenters. The topological polar surface area (TPSA) is 62.8 Å². The molecular formula is C23H16ClNO3. The fourth-order valence-corrected chi connectivity index (χ4v) is 3.21. The Labute approximate surface area is 166 Å². The number of halogens is 1. The van der Waals surface area contributed by atoms with Gasteiger partial charge in [-0.15, -0.1) is 0 Å². The number of fused-ring (bicyclic) bond motifs is 1. The highest BCUT2D eigenvalue weighted by Gasteiger charge is 2.18. The average molecular weight is 390 g/mol. The monoisotopic (exact) mass is 389 g/mol. The molecule has 0 aliphatic heterocycles. The van der Waals surface area contributed by atoms with Crippen molar-refractivity contribution in [2.24, 2.45) is 4.99 Å². The Kier molecular flexibility index (Phi) is 4.96. The summed E-state index contributed by atoms with van der Waals surface area (Å²) in [6.07, 6.45) is 0. The van der Waals surface area contributed by atoms with E-state index >= 15 is 0 Å². The van der Waals surface area contributed by atoms with E-state index in [1.165, 1.54) is 0 Å². The molecule has 138 valence electrons. The largest absolute Gasteiger partial charge is 0.479 e. The smallest absolute Gasteiger partial charge is 0.333 e. The normalized spacial score (nSPS) is 12.8. The van der Waals surface area contributed by atoms with E-state index in [0.717, 1.165) is 5.56 Å². The molecule has 0 aliphatic rings. The van der Waals surface area contributed by atoms with Gasteiger partial charge in [0.25, 0.3) is 0 Å². The maximum absolute atomic E-state index is 11.9. The van der Waals surface area contributed by atoms with Crippen LogP contribution in [0.3, 0.4) is 0 Å². The molecule has 1 aromatic heterocycles. The quantitative estimate of drug-likeness (QED) is 0.502. The fourth-order valence-electron chi connectivity index (χ4n) is 3.04. The number of carbonyl (C=O) groups is 1. The molecule has 4 nitrogen and oxygen atoms in total. The molecule has 1 heterocycles. The van der Waals surface area contributed by atoms with Crippen molar-refractivity contribution in [1.82, 2.24) is 0 Å². The van der Waals surface area contributed by atoms with Crippen molar-refractivity contribution >= 4 is 28.5 Å². The van der Waals surface area contributed by atoms with Crippen molar-refractivity contribution in [2.75, 3.05) is 0 Å². The van der Waals surface area contributed by atoms with Crippen molar-refractivity contribution in [3.8, 4) is 11.3 Å². The first kappa shape index (κ1) is 18.0. The number of carboxylic acids is 1. The SMILES string of the molecule is O=C(O)[C@@H](N=c1cc(-c2ccccc2)oc2ccc(Cl)cc12)c1ccccc1. The van der Waals surface area contributed by atoms with E-state index in [1.54, 1.807) is 48.5 Å². The van der Waals surface area contributed by atoms with Gasteiger partial charge in [-0.3, -0.25) is 4.99 Å². The van der Waals surface area contributed by atoms with Gasteiger partial charge in [-0.1, -0.05) is 72.3 Å². The Hall–Kier alpha value is -3.37. The van der Waals surface area contributed by atoms with Gasteiger partial charge in [0.05, 0.1) is 5.36 Å². The first-order valence-corrected chi connectivity index (χ1v) is 9.10. The summed E-state index contributed by atoms with van der Waals surface area (Å²) in [5.41, 5.74) is 2.07. The number of nitrogens with zero attached hydrogens (tertiary/aromatic N) is 1. The van der Waals surface area contributed by atoms with Gasteiger partial charge in [-0.05, 0) is 23.8 Å². The minimum atomic E-state index is -1.03. The first-order valence-electron chi connectivity index (χ1n) is 8.72. The van der Waals surface area contributed by atoms with Crippen LogP contribution in [-0.2, 0) is 4.79 Å². The number of rotatable bonds is 4. The second-order valence-electron chi connectivity index (χ2n) is 6.28. The minimum absolute atomic E-state index is 0.513. The first-order chi connectivity index (χ1) is 13.6. The number of benzene rings is 3. The van der Waals surface area contributed by atoms with Gasteiger partial charge in [-0.25, -0.2) is 4.79 Å². The van der Waals surface area contributed by atoms with Gasteiger partial charge >= 0.3 is 5.97 Å². The maximum atomic E-state index is 11.9. The highest BCUT2D eigenvalue weighted by Crippen LogP contribution is 2.25. The molecule has 0 spiro atoms. The Morgan fingerprint density at radius 1 is 0.929 bits per heavy atom. The summed E-state index contributed by atoms with van der Waals surface area (Å²) in [7, 11) is 0. The van der Waals surface area contributed by atoms with Crippen molar-refractivity contribution in [3.05, 3.63) is 101 Å². The molecule has 0 saturated heterocycles. The van der Waals surface area contributed by atoms with Crippen LogP contribution in [0.25, 0.3) is 22.3 Å². The fraction of sp³-hybridized carbons (Fsp3) is 0.0435. The standard InChI is InChI=1S/C23H16ClNO3/c24-17-11-12-20-18(13-17)19(14-21(28-20)15-7-3-1-4-8-15)25-22(23(26)27)16-9-5-2-6-10-16/h1-14,22H,(H,26,27)/t22-/m0/s1. The van der Waals surface area contributed by atoms with Gasteiger partial charge in [0, 0.05) is 22.0 Å². The molecule has 0 bridgehead atoms. The van der Waals surface area contributed by atoms with E-state index in [1.807, 2.05) is 36.4 Å². The van der Waals surface area contributed by atoms with E-state index in [9.17, 15) is 9.90 Å². The van der Waals surface area contributed by atoms with Gasteiger partial charge in [0.1, 0.15) is 11.3 Å². The molecule has 0 saturated carbocycles. The van der Waals surface area contributed by atoms with Crippen molar-refractivity contribution in [1.29, 1.82) is 0 Å². The summed E-state index contributed by atoms with van der Waals surface area (Å²) in [4.78, 5) is 16.5. The summed E-state index contributed by atoms with van der Waals surface area (Å²) in [5.74, 6) is -0.421. The number of aliphatic carboxylic acids is 1. The summed E-state index contributed by atoms with van der Waals surface area (Å²) < 4.78 is 6.03. The molecule has 3 aromatic carbocycles. The summed E-state index contributed by atoms with van der Waals surface area (Å²) in [5, 5.41) is 11.5. The van der Waals surface area contributed by atoms with E-state index in [-0.39, 0.29) is 0 Å². The van der Waals surface area contributed by atoms with Crippen LogP contribution >= 0.6 is 11.6 Å². The molecule has 0 amide bonds. The molecule has 0 aliphatic carbocycles. The third-order valence-electron chi connectivity index (χ3n) is 4.38. The van der Waals surface area contributed by atoms with Crippen LogP contribution in [0.2, 0.25) is 5.02 Å². The van der Waals surface area contributed by atoms with Crippen molar-refractivity contribution in [2.45, 2.75) is 6.04 Å². The Morgan fingerprint density at radius 2 is 1.61 bits per heavy atom. The maximum Gasteiger partial charge on any atom is 0.333 e. The van der Waals surface area contributed by atoms with Gasteiger partial charge in [-0.2, -0.15) is 0 Å². The molecule has 5 heteroatoms. The highest BCUT2D eigenvalue weighted by molar-refractivity contribution is 6.31. The zero-order valence-corrected chi connectivity index (χ0v) is 15.5. The van der Waals surface area contributed by atoms with Crippen LogP contribution < -0.4 is 5.36 Å². The van der Waals surface area contributed by atoms with Gasteiger partial charge in [0.15, 0.2) is 6.04 Å². The van der Waals surface area contributed by atoms with Crippen LogP contribution in [0, 0.1) is 0 Å². The third kappa shape index (κ3) is 3.68. The Bertz CT molecular complexity index is 1200. The Morgan fingerprint density at radius 3 is 2.29 bits per heavy atom. The van der Waals surface area contributed by atoms with Crippen LogP contribution in [-0.4, -0.2) is 11.1 Å². The predicted octanol–water partition coefficient (Wildman–Crippen LogP) is 5.48. The lowest BCUT2D eigenvalue weighted by molar-refractivity contribution is -0.138. The zero-order chi connectivity index (χ0) is 19.5. The third-order valence-corrected chi connectivity index (χ3v) is 4.62. The van der Waals surface area contributed by atoms with E-state index in [2.05, 4.69) is 4.99 Å². The summed E-state index contributed by atoms with van der Waals surface area (Å²) in [6.45, 7) is 0.